The van der Waals surface area contributed by atoms with Crippen molar-refractivity contribution in [3.63, 3.8) is 0 Å². The van der Waals surface area contributed by atoms with Gasteiger partial charge in [0.25, 0.3) is 0 Å². The third-order valence-corrected chi connectivity index (χ3v) is 3.02. The lowest BCUT2D eigenvalue weighted by Gasteiger charge is -2.06. The van der Waals surface area contributed by atoms with Crippen LogP contribution in [0.25, 0.3) is 16.7 Å². The normalized spacial score (nSPS) is 11.0. The molecule has 0 atom stereocenters. The van der Waals surface area contributed by atoms with Gasteiger partial charge >= 0.3 is 0 Å². The van der Waals surface area contributed by atoms with Gasteiger partial charge in [-0.25, -0.2) is 9.67 Å². The van der Waals surface area contributed by atoms with Crippen molar-refractivity contribution in [2.24, 2.45) is 0 Å². The van der Waals surface area contributed by atoms with Crippen molar-refractivity contribution in [1.29, 1.82) is 0 Å². The van der Waals surface area contributed by atoms with E-state index in [1.165, 1.54) is 0 Å². The van der Waals surface area contributed by atoms with Crippen LogP contribution in [0.1, 0.15) is 5.56 Å². The van der Waals surface area contributed by atoms with Crippen molar-refractivity contribution >= 4 is 22.5 Å². The second kappa shape index (κ2) is 4.40. The van der Waals surface area contributed by atoms with E-state index in [9.17, 15) is 0 Å². The third-order valence-electron chi connectivity index (χ3n) is 2.74. The van der Waals surface area contributed by atoms with Gasteiger partial charge in [-0.2, -0.15) is 5.10 Å². The Kier molecular flexibility index (Phi) is 2.74. The average Bonchev–Trinajstić information content (AvgIpc) is 2.82. The quantitative estimate of drug-likeness (QED) is 0.770. The molecule has 2 heterocycles. The van der Waals surface area contributed by atoms with Gasteiger partial charge in [-0.15, -0.1) is 0 Å². The fraction of sp³-hybridized carbons (Fsp3) is 0.0769. The Morgan fingerprint density at radius 3 is 2.83 bits per heavy atom. The fourth-order valence-electron chi connectivity index (χ4n) is 1.85. The highest BCUT2D eigenvalue weighted by atomic mass is 35.5. The van der Waals surface area contributed by atoms with Crippen molar-refractivity contribution < 1.29 is 5.11 Å². The predicted octanol–water partition coefficient (Wildman–Crippen LogP) is 2.57. The van der Waals surface area contributed by atoms with Crippen LogP contribution in [0.3, 0.4) is 0 Å². The average molecular weight is 260 g/mol. The van der Waals surface area contributed by atoms with Crippen LogP contribution in [0, 0.1) is 0 Å². The summed E-state index contributed by atoms with van der Waals surface area (Å²) in [5, 5.41) is 14.8. The molecule has 3 rings (SSSR count). The van der Waals surface area contributed by atoms with E-state index in [0.717, 1.165) is 10.9 Å². The number of hydrogen-bond acceptors (Lipinski definition) is 3. The van der Waals surface area contributed by atoms with E-state index in [4.69, 9.17) is 16.7 Å². The highest BCUT2D eigenvalue weighted by molar-refractivity contribution is 6.32. The molecular formula is C13H10ClN3O. The SMILES string of the molecule is OCc1cnc(-n2ncc3ccccc32)c(Cl)c1. The zero-order chi connectivity index (χ0) is 12.5. The first-order valence-electron chi connectivity index (χ1n) is 5.48. The molecule has 0 spiro atoms. The summed E-state index contributed by atoms with van der Waals surface area (Å²) >= 11 is 6.17. The molecule has 0 aliphatic carbocycles. The molecule has 0 amide bonds. The lowest BCUT2D eigenvalue weighted by molar-refractivity contribution is 0.281. The Labute approximate surface area is 108 Å². The number of para-hydroxylation sites is 1. The molecule has 0 unspecified atom stereocenters. The van der Waals surface area contributed by atoms with Gasteiger partial charge in [0.2, 0.25) is 0 Å². The van der Waals surface area contributed by atoms with Crippen LogP contribution in [-0.4, -0.2) is 19.9 Å². The molecule has 2 aromatic heterocycles. The molecule has 3 aromatic rings. The van der Waals surface area contributed by atoms with Gasteiger partial charge < -0.3 is 5.11 Å². The summed E-state index contributed by atoms with van der Waals surface area (Å²) < 4.78 is 1.69. The molecule has 1 N–H and O–H groups in total. The molecule has 0 radical (unpaired) electrons. The lowest BCUT2D eigenvalue weighted by Crippen LogP contribution is -2.01. The number of halogens is 1. The number of aromatic nitrogens is 3. The second-order valence-electron chi connectivity index (χ2n) is 3.92. The minimum Gasteiger partial charge on any atom is -0.392 e. The molecule has 90 valence electrons. The summed E-state index contributed by atoms with van der Waals surface area (Å²) in [6.45, 7) is -0.0765. The molecule has 0 saturated heterocycles. The van der Waals surface area contributed by atoms with Gasteiger partial charge in [0, 0.05) is 11.6 Å². The number of rotatable bonds is 2. The molecule has 4 nitrogen and oxygen atoms in total. The van der Waals surface area contributed by atoms with Crippen LogP contribution < -0.4 is 0 Å². The third kappa shape index (κ3) is 1.75. The predicted molar refractivity (Wildman–Crippen MR) is 69.8 cm³/mol. The Bertz CT molecular complexity index is 708. The van der Waals surface area contributed by atoms with Gasteiger partial charge in [0.1, 0.15) is 0 Å². The van der Waals surface area contributed by atoms with E-state index in [0.29, 0.717) is 16.4 Å². The summed E-state index contributed by atoms with van der Waals surface area (Å²) in [7, 11) is 0. The summed E-state index contributed by atoms with van der Waals surface area (Å²) in [4.78, 5) is 4.25. The van der Waals surface area contributed by atoms with Gasteiger partial charge in [0.15, 0.2) is 5.82 Å². The molecule has 0 aliphatic heterocycles. The molecule has 0 saturated carbocycles. The maximum atomic E-state index is 9.03. The number of fused-ring (bicyclic) bond motifs is 1. The number of aliphatic hydroxyl groups excluding tert-OH is 1. The Morgan fingerprint density at radius 1 is 1.22 bits per heavy atom. The number of pyridine rings is 1. The van der Waals surface area contributed by atoms with Crippen molar-refractivity contribution in [2.75, 3.05) is 0 Å². The molecule has 1 aromatic carbocycles. The van der Waals surface area contributed by atoms with E-state index in [-0.39, 0.29) is 6.61 Å². The summed E-state index contributed by atoms with van der Waals surface area (Å²) in [6, 6.07) is 9.53. The van der Waals surface area contributed by atoms with Crippen LogP contribution in [0.4, 0.5) is 0 Å². The van der Waals surface area contributed by atoms with E-state index < -0.39 is 0 Å². The largest absolute Gasteiger partial charge is 0.392 e. The number of nitrogens with zero attached hydrogens (tertiary/aromatic N) is 3. The van der Waals surface area contributed by atoms with Crippen molar-refractivity contribution in [1.82, 2.24) is 14.8 Å². The standard InChI is InChI=1S/C13H10ClN3O/c14-11-5-9(8-18)6-15-13(11)17-12-4-2-1-3-10(12)7-16-17/h1-7,18H,8H2. The first-order chi connectivity index (χ1) is 8.79. The minimum absolute atomic E-state index is 0.0765. The molecule has 5 heteroatoms. The summed E-state index contributed by atoms with van der Waals surface area (Å²) in [6.07, 6.45) is 3.37. The smallest absolute Gasteiger partial charge is 0.172 e. The number of benzene rings is 1. The summed E-state index contributed by atoms with van der Waals surface area (Å²) in [5.74, 6) is 0.565. The monoisotopic (exact) mass is 259 g/mol. The number of aliphatic hydroxyl groups is 1. The highest BCUT2D eigenvalue weighted by Crippen LogP contribution is 2.23. The van der Waals surface area contributed by atoms with Crippen molar-refractivity contribution in [2.45, 2.75) is 6.61 Å². The minimum atomic E-state index is -0.0765. The van der Waals surface area contributed by atoms with Crippen molar-refractivity contribution in [3.05, 3.63) is 53.3 Å². The lowest BCUT2D eigenvalue weighted by atomic mass is 10.2. The topological polar surface area (TPSA) is 50.9 Å². The van der Waals surface area contributed by atoms with Gasteiger partial charge in [-0.05, 0) is 17.7 Å². The summed E-state index contributed by atoms with van der Waals surface area (Å²) in [5.41, 5.74) is 1.63. The molecular weight excluding hydrogens is 250 g/mol. The second-order valence-corrected chi connectivity index (χ2v) is 4.33. The molecule has 0 aliphatic rings. The van der Waals surface area contributed by atoms with Crippen molar-refractivity contribution in [3.8, 4) is 5.82 Å². The van der Waals surface area contributed by atoms with E-state index >= 15 is 0 Å². The zero-order valence-electron chi connectivity index (χ0n) is 9.42. The van der Waals surface area contributed by atoms with Crippen LogP contribution in [0.15, 0.2) is 42.7 Å². The Morgan fingerprint density at radius 2 is 2.06 bits per heavy atom. The van der Waals surface area contributed by atoms with Gasteiger partial charge in [-0.1, -0.05) is 29.8 Å². The zero-order valence-corrected chi connectivity index (χ0v) is 10.2. The molecule has 0 fully saturated rings. The van der Waals surface area contributed by atoms with Crippen LogP contribution in [-0.2, 0) is 6.61 Å². The molecule has 0 bridgehead atoms. The van der Waals surface area contributed by atoms with E-state index in [2.05, 4.69) is 10.1 Å². The van der Waals surface area contributed by atoms with Gasteiger partial charge in [0.05, 0.1) is 23.3 Å². The fourth-order valence-corrected chi connectivity index (χ4v) is 2.12. The maximum Gasteiger partial charge on any atom is 0.172 e. The van der Waals surface area contributed by atoms with E-state index in [1.54, 1.807) is 23.1 Å². The Balaban J connectivity index is 2.20. The first-order valence-corrected chi connectivity index (χ1v) is 5.86. The highest BCUT2D eigenvalue weighted by Gasteiger charge is 2.09. The molecule has 18 heavy (non-hydrogen) atoms. The van der Waals surface area contributed by atoms with Crippen LogP contribution in [0.2, 0.25) is 5.02 Å². The maximum absolute atomic E-state index is 9.03. The Hall–Kier alpha value is -1.91. The van der Waals surface area contributed by atoms with Gasteiger partial charge in [-0.3, -0.25) is 0 Å². The number of hydrogen-bond donors (Lipinski definition) is 1. The van der Waals surface area contributed by atoms with E-state index in [1.807, 2.05) is 24.3 Å². The van der Waals surface area contributed by atoms with Crippen LogP contribution >= 0.6 is 11.6 Å². The first kappa shape index (κ1) is 11.2. The van der Waals surface area contributed by atoms with Crippen LogP contribution in [0.5, 0.6) is 0 Å².